The zero-order valence-corrected chi connectivity index (χ0v) is 24.3. The number of aromatic nitrogens is 7. The predicted molar refractivity (Wildman–Crippen MR) is 146 cm³/mol. The summed E-state index contributed by atoms with van der Waals surface area (Å²) >= 11 is 0. The highest BCUT2D eigenvalue weighted by molar-refractivity contribution is 7.88. The van der Waals surface area contributed by atoms with Gasteiger partial charge in [-0.25, -0.2) is 36.9 Å². The summed E-state index contributed by atoms with van der Waals surface area (Å²) in [6.45, 7) is 12.0. The quantitative estimate of drug-likeness (QED) is 0.332. The number of hydrogen-bond donors (Lipinski definition) is 1. The van der Waals surface area contributed by atoms with Crippen molar-refractivity contribution >= 4 is 10.0 Å². The van der Waals surface area contributed by atoms with E-state index in [0.717, 1.165) is 11.8 Å². The highest BCUT2D eigenvalue weighted by atomic mass is 32.2. The fraction of sp³-hybridized carbons (Fsp3) is 0.407. The van der Waals surface area contributed by atoms with Crippen molar-refractivity contribution in [1.29, 1.82) is 0 Å². The molecule has 0 aliphatic carbocycles. The van der Waals surface area contributed by atoms with Gasteiger partial charge in [0.05, 0.1) is 40.9 Å². The maximum atomic E-state index is 14.6. The van der Waals surface area contributed by atoms with E-state index < -0.39 is 32.5 Å². The molecular formula is C27H32F2N8O2S. The van der Waals surface area contributed by atoms with Gasteiger partial charge in [0.25, 0.3) is 5.95 Å². The van der Waals surface area contributed by atoms with Crippen LogP contribution in [0.2, 0.25) is 0 Å². The minimum atomic E-state index is -3.41. The molecule has 4 aromatic rings. The van der Waals surface area contributed by atoms with E-state index in [4.69, 9.17) is 4.98 Å². The molecule has 0 aliphatic heterocycles. The summed E-state index contributed by atoms with van der Waals surface area (Å²) in [4.78, 5) is 13.3. The first-order chi connectivity index (χ1) is 18.6. The van der Waals surface area contributed by atoms with Crippen LogP contribution in [0.1, 0.15) is 70.2 Å². The molecule has 1 N–H and O–H groups in total. The summed E-state index contributed by atoms with van der Waals surface area (Å²) in [6.07, 6.45) is 4.06. The van der Waals surface area contributed by atoms with E-state index in [-0.39, 0.29) is 35.5 Å². The van der Waals surface area contributed by atoms with Gasteiger partial charge in [-0.2, -0.15) is 9.78 Å². The Morgan fingerprint density at radius 1 is 1.02 bits per heavy atom. The molecule has 0 amide bonds. The van der Waals surface area contributed by atoms with Crippen LogP contribution in [0.4, 0.5) is 8.78 Å². The molecule has 0 unspecified atom stereocenters. The van der Waals surface area contributed by atoms with Crippen LogP contribution in [0.5, 0.6) is 0 Å². The summed E-state index contributed by atoms with van der Waals surface area (Å²) in [5, 5.41) is 13.2. The third kappa shape index (κ3) is 5.75. The smallest absolute Gasteiger partial charge is 0.220 e. The molecule has 3 aromatic heterocycles. The maximum Gasteiger partial charge on any atom is 0.252 e. The van der Waals surface area contributed by atoms with Crippen molar-refractivity contribution in [3.63, 3.8) is 0 Å². The molecule has 10 nitrogen and oxygen atoms in total. The van der Waals surface area contributed by atoms with Crippen LogP contribution in [-0.4, -0.2) is 49.6 Å². The first kappa shape index (κ1) is 29.3. The number of hydrogen-bond acceptors (Lipinski definition) is 8. The first-order valence-electron chi connectivity index (χ1n) is 12.6. The predicted octanol–water partition coefficient (Wildman–Crippen LogP) is 4.32. The van der Waals surface area contributed by atoms with Crippen molar-refractivity contribution in [2.24, 2.45) is 5.41 Å². The highest BCUT2D eigenvalue weighted by Gasteiger charge is 2.45. The lowest BCUT2D eigenvalue weighted by Gasteiger charge is -2.42. The van der Waals surface area contributed by atoms with Crippen LogP contribution in [0.25, 0.3) is 17.2 Å². The Bertz CT molecular complexity index is 1630. The largest absolute Gasteiger partial charge is 0.252 e. The number of benzene rings is 1. The Morgan fingerprint density at radius 2 is 1.70 bits per heavy atom. The van der Waals surface area contributed by atoms with E-state index in [1.807, 2.05) is 20.8 Å². The molecule has 0 fully saturated rings. The summed E-state index contributed by atoms with van der Waals surface area (Å²) in [5.74, 6) is -0.996. The van der Waals surface area contributed by atoms with E-state index in [0.29, 0.717) is 11.4 Å². The third-order valence-corrected chi connectivity index (χ3v) is 7.70. The van der Waals surface area contributed by atoms with Crippen molar-refractivity contribution in [2.75, 3.05) is 6.26 Å². The van der Waals surface area contributed by atoms with Gasteiger partial charge < -0.3 is 0 Å². The van der Waals surface area contributed by atoms with Gasteiger partial charge in [-0.05, 0) is 48.1 Å². The minimum Gasteiger partial charge on any atom is -0.220 e. The molecule has 0 saturated carbocycles. The molecule has 1 aromatic carbocycles. The summed E-state index contributed by atoms with van der Waals surface area (Å²) in [5.41, 5.74) is 0.631. The van der Waals surface area contributed by atoms with E-state index in [1.54, 1.807) is 18.3 Å². The Morgan fingerprint density at radius 3 is 2.30 bits per heavy atom. The molecule has 0 spiro atoms. The SMILES string of the molecule is CC(C)c1cc(-c2c(F)cccc2F)nnc1[C@](C)(c1ccnc(-n2cnc(CNS(C)(=O)=O)n2)n1)C(C)(C)C. The van der Waals surface area contributed by atoms with Crippen molar-refractivity contribution in [3.05, 3.63) is 77.3 Å². The standard InChI is InChI=1S/C27H32F2N8O2S/c1-16(2)17-13-20(23-18(28)9-8-10-19(23)29)34-35-24(17)27(6,26(3,4)5)21-11-12-30-25(33-21)37-15-31-22(36-37)14-32-40(7,38)39/h8-13,15-16,32H,14H2,1-7H3/t27-/m0/s1. The maximum absolute atomic E-state index is 14.6. The van der Waals surface area contributed by atoms with Gasteiger partial charge in [0.2, 0.25) is 10.0 Å². The van der Waals surface area contributed by atoms with Crippen LogP contribution in [0, 0.1) is 17.0 Å². The van der Waals surface area contributed by atoms with Crippen LogP contribution in [0.15, 0.2) is 42.9 Å². The highest BCUT2D eigenvalue weighted by Crippen LogP contribution is 2.47. The monoisotopic (exact) mass is 570 g/mol. The van der Waals surface area contributed by atoms with E-state index in [2.05, 4.69) is 50.8 Å². The average Bonchev–Trinajstić information content (AvgIpc) is 3.35. The molecule has 3 heterocycles. The second-order valence-corrected chi connectivity index (χ2v) is 12.9. The molecule has 0 bridgehead atoms. The zero-order chi connectivity index (χ0) is 29.5. The Labute approximate surface area is 232 Å². The molecule has 0 saturated heterocycles. The molecule has 1 atom stereocenters. The Kier molecular flexibility index (Phi) is 7.83. The van der Waals surface area contributed by atoms with Gasteiger partial charge in [-0.3, -0.25) is 0 Å². The molecule has 0 aliphatic rings. The molecule has 212 valence electrons. The lowest BCUT2D eigenvalue weighted by atomic mass is 9.62. The van der Waals surface area contributed by atoms with Crippen LogP contribution in [0.3, 0.4) is 0 Å². The van der Waals surface area contributed by atoms with Gasteiger partial charge in [-0.15, -0.1) is 10.2 Å². The fourth-order valence-corrected chi connectivity index (χ4v) is 4.76. The lowest BCUT2D eigenvalue weighted by molar-refractivity contribution is 0.233. The van der Waals surface area contributed by atoms with Gasteiger partial charge >= 0.3 is 0 Å². The van der Waals surface area contributed by atoms with Crippen molar-refractivity contribution in [3.8, 4) is 17.2 Å². The van der Waals surface area contributed by atoms with Crippen LogP contribution >= 0.6 is 0 Å². The molecule has 4 rings (SSSR count). The molecule has 13 heteroatoms. The number of rotatable bonds is 8. The Hall–Kier alpha value is -3.71. The van der Waals surface area contributed by atoms with Crippen LogP contribution in [-0.2, 0) is 22.0 Å². The average molecular weight is 571 g/mol. The number of halogens is 2. The third-order valence-electron chi connectivity index (χ3n) is 7.03. The topological polar surface area (TPSA) is 128 Å². The van der Waals surface area contributed by atoms with Gasteiger partial charge in [0.1, 0.15) is 18.0 Å². The lowest BCUT2D eigenvalue weighted by Crippen LogP contribution is -2.41. The van der Waals surface area contributed by atoms with Gasteiger partial charge in [-0.1, -0.05) is 40.7 Å². The van der Waals surface area contributed by atoms with Gasteiger partial charge in [0, 0.05) is 6.20 Å². The normalized spacial score (nSPS) is 13.9. The van der Waals surface area contributed by atoms with Gasteiger partial charge in [0.15, 0.2) is 5.82 Å². The van der Waals surface area contributed by atoms with E-state index in [1.165, 1.54) is 29.2 Å². The second-order valence-electron chi connectivity index (χ2n) is 11.1. The van der Waals surface area contributed by atoms with E-state index >= 15 is 0 Å². The van der Waals surface area contributed by atoms with Crippen molar-refractivity contribution < 1.29 is 17.2 Å². The number of sulfonamides is 1. The molecule has 40 heavy (non-hydrogen) atoms. The minimum absolute atomic E-state index is 0.0534. The van der Waals surface area contributed by atoms with E-state index in [9.17, 15) is 17.2 Å². The fourth-order valence-electron chi connectivity index (χ4n) is 4.37. The summed E-state index contributed by atoms with van der Waals surface area (Å²) in [6, 6.07) is 7.17. The number of nitrogens with zero attached hydrogens (tertiary/aromatic N) is 7. The molecule has 0 radical (unpaired) electrons. The second kappa shape index (κ2) is 10.7. The Balaban J connectivity index is 1.83. The summed E-state index contributed by atoms with van der Waals surface area (Å²) in [7, 11) is -3.41. The molecular weight excluding hydrogens is 538 g/mol. The first-order valence-corrected chi connectivity index (χ1v) is 14.5. The van der Waals surface area contributed by atoms with Crippen molar-refractivity contribution in [1.82, 2.24) is 39.7 Å². The zero-order valence-electron chi connectivity index (χ0n) is 23.4. The van der Waals surface area contributed by atoms with Crippen LogP contribution < -0.4 is 4.72 Å². The summed E-state index contributed by atoms with van der Waals surface area (Å²) < 4.78 is 55.8. The van der Waals surface area contributed by atoms with Crippen molar-refractivity contribution in [2.45, 2.75) is 59.4 Å². The number of nitrogens with one attached hydrogen (secondary N) is 1.